The third-order valence-corrected chi connectivity index (χ3v) is 4.12. The van der Waals surface area contributed by atoms with Gasteiger partial charge in [-0.2, -0.15) is 0 Å². The number of nitrogens with zero attached hydrogens (tertiary/aromatic N) is 2. The Morgan fingerprint density at radius 1 is 1.30 bits per heavy atom. The quantitative estimate of drug-likeness (QED) is 0.758. The molecule has 3 N–H and O–H groups in total. The summed E-state index contributed by atoms with van der Waals surface area (Å²) in [6.07, 6.45) is 0.837. The lowest BCUT2D eigenvalue weighted by Gasteiger charge is -2.24. The zero-order valence-corrected chi connectivity index (χ0v) is 14.4. The van der Waals surface area contributed by atoms with Crippen LogP contribution >= 0.6 is 11.3 Å². The normalized spacial score (nSPS) is 13.6. The fraction of sp³-hybridized carbons (Fsp3) is 0.438. The number of rotatable bonds is 6. The zero-order chi connectivity index (χ0) is 16.9. The number of benzene rings is 1. The van der Waals surface area contributed by atoms with Gasteiger partial charge in [-0.3, -0.25) is 5.32 Å². The molecule has 6 nitrogen and oxygen atoms in total. The standard InChI is InChI=1S/C16H22N4O2S/c1-11(2)9-13-19-20-15(23-13)18-14(21)17-10-16(3,22)12-7-5-4-6-8-12/h4-8,11,22H,9-10H2,1-3H3,(H2,17,18,20,21). The van der Waals surface area contributed by atoms with Gasteiger partial charge in [0.05, 0.1) is 6.54 Å². The predicted octanol–water partition coefficient (Wildman–Crippen LogP) is 2.77. The molecule has 0 aliphatic heterocycles. The fourth-order valence-electron chi connectivity index (χ4n) is 2.03. The Morgan fingerprint density at radius 3 is 2.65 bits per heavy atom. The number of aromatic nitrogens is 2. The average Bonchev–Trinajstić information content (AvgIpc) is 2.92. The van der Waals surface area contributed by atoms with Gasteiger partial charge in [0.2, 0.25) is 5.13 Å². The van der Waals surface area contributed by atoms with Gasteiger partial charge in [-0.25, -0.2) is 4.79 Å². The molecule has 0 saturated carbocycles. The Morgan fingerprint density at radius 2 is 2.00 bits per heavy atom. The summed E-state index contributed by atoms with van der Waals surface area (Å²) in [5.41, 5.74) is -0.391. The molecule has 0 aliphatic carbocycles. The van der Waals surface area contributed by atoms with Crippen molar-refractivity contribution in [3.8, 4) is 0 Å². The van der Waals surface area contributed by atoms with Crippen molar-refractivity contribution in [1.29, 1.82) is 0 Å². The first-order valence-electron chi connectivity index (χ1n) is 7.52. The van der Waals surface area contributed by atoms with Crippen LogP contribution in [0.2, 0.25) is 0 Å². The Hall–Kier alpha value is -1.99. The van der Waals surface area contributed by atoms with Gasteiger partial charge in [0.25, 0.3) is 0 Å². The van der Waals surface area contributed by atoms with Gasteiger partial charge in [-0.15, -0.1) is 10.2 Å². The lowest BCUT2D eigenvalue weighted by atomic mass is 9.96. The number of carbonyl (C=O) groups is 1. The number of amides is 2. The van der Waals surface area contributed by atoms with Gasteiger partial charge < -0.3 is 10.4 Å². The van der Waals surface area contributed by atoms with E-state index in [2.05, 4.69) is 34.7 Å². The molecular weight excluding hydrogens is 312 g/mol. The summed E-state index contributed by atoms with van der Waals surface area (Å²) in [6, 6.07) is 8.81. The molecule has 0 saturated heterocycles. The molecule has 23 heavy (non-hydrogen) atoms. The highest BCUT2D eigenvalue weighted by Crippen LogP contribution is 2.20. The third-order valence-electron chi connectivity index (χ3n) is 3.26. The van der Waals surface area contributed by atoms with Gasteiger partial charge >= 0.3 is 6.03 Å². The van der Waals surface area contributed by atoms with Crippen LogP contribution in [-0.2, 0) is 12.0 Å². The maximum absolute atomic E-state index is 11.9. The van der Waals surface area contributed by atoms with Gasteiger partial charge in [0.1, 0.15) is 10.6 Å². The van der Waals surface area contributed by atoms with Crippen molar-refractivity contribution >= 4 is 22.5 Å². The van der Waals surface area contributed by atoms with Crippen molar-refractivity contribution in [3.05, 3.63) is 40.9 Å². The minimum Gasteiger partial charge on any atom is -0.384 e. The summed E-state index contributed by atoms with van der Waals surface area (Å²) >= 11 is 1.36. The number of nitrogens with one attached hydrogen (secondary N) is 2. The lowest BCUT2D eigenvalue weighted by molar-refractivity contribution is 0.0599. The molecule has 1 aromatic heterocycles. The van der Waals surface area contributed by atoms with Gasteiger partial charge in [0, 0.05) is 6.42 Å². The van der Waals surface area contributed by atoms with Crippen LogP contribution in [0.4, 0.5) is 9.93 Å². The van der Waals surface area contributed by atoms with E-state index in [-0.39, 0.29) is 6.54 Å². The molecule has 1 unspecified atom stereocenters. The summed E-state index contributed by atoms with van der Waals surface area (Å²) in [5, 5.41) is 25.1. The van der Waals surface area contributed by atoms with Crippen LogP contribution in [0.5, 0.6) is 0 Å². The SMILES string of the molecule is CC(C)Cc1nnc(NC(=O)NCC(C)(O)c2ccccc2)s1. The molecule has 1 aromatic carbocycles. The highest BCUT2D eigenvalue weighted by Gasteiger charge is 2.23. The van der Waals surface area contributed by atoms with Crippen LogP contribution in [0.3, 0.4) is 0 Å². The van der Waals surface area contributed by atoms with Crippen LogP contribution < -0.4 is 10.6 Å². The highest BCUT2D eigenvalue weighted by atomic mass is 32.1. The van der Waals surface area contributed by atoms with Crippen molar-refractivity contribution in [2.24, 2.45) is 5.92 Å². The monoisotopic (exact) mass is 334 g/mol. The molecule has 0 bridgehead atoms. The van der Waals surface area contributed by atoms with Crippen LogP contribution in [-0.4, -0.2) is 27.9 Å². The van der Waals surface area contributed by atoms with E-state index in [1.165, 1.54) is 11.3 Å². The average molecular weight is 334 g/mol. The van der Waals surface area contributed by atoms with E-state index < -0.39 is 11.6 Å². The minimum atomic E-state index is -1.14. The van der Waals surface area contributed by atoms with E-state index in [0.717, 1.165) is 17.0 Å². The zero-order valence-electron chi connectivity index (χ0n) is 13.5. The first-order valence-corrected chi connectivity index (χ1v) is 8.33. The Kier molecular flexibility index (Phi) is 5.68. The van der Waals surface area contributed by atoms with Crippen molar-refractivity contribution < 1.29 is 9.90 Å². The maximum atomic E-state index is 11.9. The van der Waals surface area contributed by atoms with E-state index in [1.807, 2.05) is 30.3 Å². The lowest BCUT2D eigenvalue weighted by Crippen LogP contribution is -2.40. The second-order valence-electron chi connectivity index (χ2n) is 6.05. The fourth-order valence-corrected chi connectivity index (χ4v) is 2.98. The second-order valence-corrected chi connectivity index (χ2v) is 7.11. The molecule has 2 amide bonds. The third kappa shape index (κ3) is 5.30. The summed E-state index contributed by atoms with van der Waals surface area (Å²) in [6.45, 7) is 5.97. The molecule has 7 heteroatoms. The van der Waals surface area contributed by atoms with Gasteiger partial charge in [-0.05, 0) is 18.4 Å². The first-order chi connectivity index (χ1) is 10.9. The molecule has 2 aromatic rings. The van der Waals surface area contributed by atoms with Gasteiger partial charge in [-0.1, -0.05) is 55.5 Å². The van der Waals surface area contributed by atoms with E-state index >= 15 is 0 Å². The molecule has 0 spiro atoms. The Balaban J connectivity index is 1.86. The van der Waals surface area contributed by atoms with Crippen molar-refractivity contribution in [3.63, 3.8) is 0 Å². The number of urea groups is 1. The van der Waals surface area contributed by atoms with Gasteiger partial charge in [0.15, 0.2) is 0 Å². The largest absolute Gasteiger partial charge is 0.384 e. The number of carbonyl (C=O) groups excluding carboxylic acids is 1. The number of hydrogen-bond acceptors (Lipinski definition) is 5. The van der Waals surface area contributed by atoms with Crippen LogP contribution in [0.1, 0.15) is 31.3 Å². The predicted molar refractivity (Wildman–Crippen MR) is 91.5 cm³/mol. The Labute approximate surface area is 140 Å². The molecule has 2 rings (SSSR count). The summed E-state index contributed by atoms with van der Waals surface area (Å²) in [7, 11) is 0. The van der Waals surface area contributed by atoms with E-state index in [4.69, 9.17) is 0 Å². The molecular formula is C16H22N4O2S. The van der Waals surface area contributed by atoms with Crippen molar-refractivity contribution in [1.82, 2.24) is 15.5 Å². The highest BCUT2D eigenvalue weighted by molar-refractivity contribution is 7.15. The number of anilines is 1. The Bertz CT molecular complexity index is 641. The second kappa shape index (κ2) is 7.52. The molecule has 0 radical (unpaired) electrons. The smallest absolute Gasteiger partial charge is 0.321 e. The van der Waals surface area contributed by atoms with E-state index in [1.54, 1.807) is 6.92 Å². The minimum absolute atomic E-state index is 0.0977. The van der Waals surface area contributed by atoms with Crippen molar-refractivity contribution in [2.75, 3.05) is 11.9 Å². The summed E-state index contributed by atoms with van der Waals surface area (Å²) in [4.78, 5) is 11.9. The maximum Gasteiger partial charge on any atom is 0.321 e. The van der Waals surface area contributed by atoms with Crippen molar-refractivity contribution in [2.45, 2.75) is 32.8 Å². The molecule has 1 heterocycles. The number of hydrogen-bond donors (Lipinski definition) is 3. The topological polar surface area (TPSA) is 87.1 Å². The van der Waals surface area contributed by atoms with Crippen LogP contribution in [0.15, 0.2) is 30.3 Å². The van der Waals surface area contributed by atoms with Crippen LogP contribution in [0, 0.1) is 5.92 Å². The summed E-state index contributed by atoms with van der Waals surface area (Å²) in [5.74, 6) is 0.491. The summed E-state index contributed by atoms with van der Waals surface area (Å²) < 4.78 is 0. The number of aliphatic hydroxyl groups is 1. The van der Waals surface area contributed by atoms with E-state index in [0.29, 0.717) is 11.0 Å². The first kappa shape index (κ1) is 17.4. The molecule has 0 fully saturated rings. The molecule has 0 aliphatic rings. The van der Waals surface area contributed by atoms with Crippen LogP contribution in [0.25, 0.3) is 0 Å². The molecule has 124 valence electrons. The van der Waals surface area contributed by atoms with E-state index in [9.17, 15) is 9.90 Å². The molecule has 1 atom stereocenters.